The largest absolute Gasteiger partial charge is 0.458 e. The highest BCUT2D eigenvalue weighted by molar-refractivity contribution is 6.41. The number of anilines is 2. The second-order valence-corrected chi connectivity index (χ2v) is 12.0. The van der Waals surface area contributed by atoms with Crippen molar-refractivity contribution in [2.45, 2.75) is 64.4 Å². The first kappa shape index (κ1) is 39.2. The minimum absolute atomic E-state index is 0.320. The molecule has 0 aromatic carbocycles. The molecule has 16 heteroatoms. The normalized spacial score (nSPS) is 16.2. The third-order valence-corrected chi connectivity index (χ3v) is 7.27. The minimum atomic E-state index is -5.77. The van der Waals surface area contributed by atoms with Gasteiger partial charge in [-0.25, -0.2) is 4.79 Å². The average Bonchev–Trinajstić information content (AvgIpc) is 3.03. The minimum Gasteiger partial charge on any atom is -0.444 e. The van der Waals surface area contributed by atoms with Gasteiger partial charge in [0.05, 0.1) is 0 Å². The molecule has 262 valence electrons. The number of ether oxygens (including phenoxy) is 1. The van der Waals surface area contributed by atoms with E-state index in [2.05, 4.69) is 37.2 Å². The first-order valence-electron chi connectivity index (χ1n) is 15.1. The van der Waals surface area contributed by atoms with Gasteiger partial charge in [-0.05, 0) is 89.1 Å². The maximum absolute atomic E-state index is 11.6. The van der Waals surface area contributed by atoms with Crippen LogP contribution in [0, 0.1) is 11.8 Å². The van der Waals surface area contributed by atoms with Gasteiger partial charge in [0, 0.05) is 68.9 Å². The second-order valence-electron chi connectivity index (χ2n) is 12.0. The number of carbonyl (C=O) groups excluding carboxylic acids is 3. The molecule has 0 bridgehead atoms. The fourth-order valence-corrected chi connectivity index (χ4v) is 4.73. The Morgan fingerprint density at radius 1 is 0.745 bits per heavy atom. The molecule has 0 radical (unpaired) electrons. The molecule has 2 aromatic rings. The third-order valence-electron chi connectivity index (χ3n) is 7.27. The highest BCUT2D eigenvalue weighted by Crippen LogP contribution is 2.25. The molecule has 0 spiro atoms. The number of carbonyl (C=O) groups is 3. The van der Waals surface area contributed by atoms with Gasteiger partial charge in [0.2, 0.25) is 0 Å². The van der Waals surface area contributed by atoms with Crippen LogP contribution in [0.1, 0.15) is 46.5 Å². The predicted octanol–water partition coefficient (Wildman–Crippen LogP) is 5.33. The van der Waals surface area contributed by atoms with Crippen LogP contribution >= 0.6 is 0 Å². The van der Waals surface area contributed by atoms with Gasteiger partial charge in [0.1, 0.15) is 5.60 Å². The van der Waals surface area contributed by atoms with Gasteiger partial charge in [-0.15, -0.1) is 0 Å². The fourth-order valence-electron chi connectivity index (χ4n) is 4.73. The van der Waals surface area contributed by atoms with Crippen LogP contribution in [0.25, 0.3) is 0 Å². The lowest BCUT2D eigenvalue weighted by Crippen LogP contribution is -2.40. The lowest BCUT2D eigenvalue weighted by molar-refractivity contribution is -0.193. The standard InChI is InChI=1S/C16H25N3O2.C11H17N3.C4F6O2/c1-16(2,3)21-15(20)18-12-13-6-10-19(11-7-13)14-4-8-17-9-5-14;12-9-10-3-7-14(8-4-10)11-1-5-13-6-2-11;5-3(6,7)1(11)2(12)4(8,9)10/h4-5,8-9,13H,6-7,10-12H2,1-3H3,(H,18,20);1-2,5-6,10H,3-4,7-9,12H2;. The zero-order valence-corrected chi connectivity index (χ0v) is 26.6. The summed E-state index contributed by atoms with van der Waals surface area (Å²) in [7, 11) is 0. The highest BCUT2D eigenvalue weighted by Gasteiger charge is 2.54. The van der Waals surface area contributed by atoms with E-state index in [-0.39, 0.29) is 6.09 Å². The molecule has 2 saturated heterocycles. The van der Waals surface area contributed by atoms with E-state index in [9.17, 15) is 40.7 Å². The van der Waals surface area contributed by atoms with Crippen LogP contribution in [0.3, 0.4) is 0 Å². The van der Waals surface area contributed by atoms with Crippen LogP contribution < -0.4 is 20.9 Å². The van der Waals surface area contributed by atoms with Crippen molar-refractivity contribution in [2.24, 2.45) is 17.6 Å². The molecule has 47 heavy (non-hydrogen) atoms. The van der Waals surface area contributed by atoms with Crippen molar-refractivity contribution >= 4 is 29.0 Å². The smallest absolute Gasteiger partial charge is 0.444 e. The Morgan fingerprint density at radius 3 is 1.43 bits per heavy atom. The SMILES string of the molecule is CC(C)(C)OC(=O)NCC1CCN(c2ccncc2)CC1.NCC1CCN(c2ccncc2)CC1.O=C(C(=O)C(F)(F)F)C(F)(F)F. The zero-order chi connectivity index (χ0) is 35.3. The Balaban J connectivity index is 0.000000258. The van der Waals surface area contributed by atoms with Crippen LogP contribution in [-0.2, 0) is 14.3 Å². The van der Waals surface area contributed by atoms with Gasteiger partial charge in [0.25, 0.3) is 0 Å². The lowest BCUT2D eigenvalue weighted by Gasteiger charge is -2.33. The summed E-state index contributed by atoms with van der Waals surface area (Å²) in [5, 5.41) is 2.87. The molecule has 0 atom stereocenters. The van der Waals surface area contributed by atoms with E-state index in [4.69, 9.17) is 10.5 Å². The number of Topliss-reactive ketones (excluding diaryl/α,β-unsaturated/α-hetero) is 2. The van der Waals surface area contributed by atoms with Gasteiger partial charge >= 0.3 is 30.0 Å². The van der Waals surface area contributed by atoms with E-state index in [1.54, 1.807) is 0 Å². The molecular formula is C31H42F6N6O4. The van der Waals surface area contributed by atoms with E-state index in [1.165, 1.54) is 24.2 Å². The number of nitrogens with zero attached hydrogens (tertiary/aromatic N) is 4. The number of aromatic nitrogens is 2. The summed E-state index contributed by atoms with van der Waals surface area (Å²) in [5.41, 5.74) is 7.74. The van der Waals surface area contributed by atoms with Gasteiger partial charge in [0.15, 0.2) is 0 Å². The average molecular weight is 677 g/mol. The zero-order valence-electron chi connectivity index (χ0n) is 26.6. The summed E-state index contributed by atoms with van der Waals surface area (Å²) in [5.74, 6) is -5.56. The lowest BCUT2D eigenvalue weighted by atomic mass is 9.96. The summed E-state index contributed by atoms with van der Waals surface area (Å²) in [4.78, 5) is 43.7. The molecule has 2 aliphatic heterocycles. The first-order chi connectivity index (χ1) is 21.9. The molecule has 0 unspecified atom stereocenters. The number of hydrogen-bond acceptors (Lipinski definition) is 9. The fraction of sp³-hybridized carbons (Fsp3) is 0.581. The number of hydrogen-bond donors (Lipinski definition) is 2. The molecule has 4 heterocycles. The van der Waals surface area contributed by atoms with Crippen LogP contribution in [0.2, 0.25) is 0 Å². The number of nitrogens with two attached hydrogens (primary N) is 1. The molecule has 0 aliphatic carbocycles. The number of nitrogens with one attached hydrogen (secondary N) is 1. The van der Waals surface area contributed by atoms with E-state index in [1.807, 2.05) is 57.7 Å². The molecule has 10 nitrogen and oxygen atoms in total. The van der Waals surface area contributed by atoms with Crippen molar-refractivity contribution < 1.29 is 45.5 Å². The Labute approximate surface area is 270 Å². The van der Waals surface area contributed by atoms with Crippen LogP contribution in [0.4, 0.5) is 42.5 Å². The van der Waals surface area contributed by atoms with Crippen molar-refractivity contribution in [3.8, 4) is 0 Å². The number of alkyl carbamates (subject to hydrolysis) is 1. The quantitative estimate of drug-likeness (QED) is 0.308. The van der Waals surface area contributed by atoms with Gasteiger partial charge in [-0.3, -0.25) is 19.6 Å². The Kier molecular flexibility index (Phi) is 14.9. The third kappa shape index (κ3) is 14.6. The molecule has 0 saturated carbocycles. The Morgan fingerprint density at radius 2 is 1.11 bits per heavy atom. The summed E-state index contributed by atoms with van der Waals surface area (Å²) < 4.78 is 72.2. The first-order valence-corrected chi connectivity index (χ1v) is 15.1. The summed E-state index contributed by atoms with van der Waals surface area (Å²) in [6.07, 6.45) is 0.0951. The molecule has 2 aliphatic rings. The number of amides is 1. The van der Waals surface area contributed by atoms with Crippen LogP contribution in [0.15, 0.2) is 49.1 Å². The summed E-state index contributed by atoms with van der Waals surface area (Å²) in [6.45, 7) is 11.5. The van der Waals surface area contributed by atoms with E-state index in [0.717, 1.165) is 51.5 Å². The van der Waals surface area contributed by atoms with Crippen LogP contribution in [-0.4, -0.2) is 84.8 Å². The predicted molar refractivity (Wildman–Crippen MR) is 164 cm³/mol. The number of pyridine rings is 2. The molecular weight excluding hydrogens is 634 g/mol. The number of alkyl halides is 6. The number of halogens is 6. The van der Waals surface area contributed by atoms with Gasteiger partial charge in [-0.1, -0.05) is 0 Å². The molecule has 4 rings (SSSR count). The van der Waals surface area contributed by atoms with E-state index in [0.29, 0.717) is 12.5 Å². The Bertz CT molecular complexity index is 1220. The molecule has 2 fully saturated rings. The van der Waals surface area contributed by atoms with Crippen LogP contribution in [0.5, 0.6) is 0 Å². The molecule has 1 amide bonds. The number of piperidine rings is 2. The second kappa shape index (κ2) is 17.8. The molecule has 2 aromatic heterocycles. The van der Waals surface area contributed by atoms with Crippen molar-refractivity contribution in [3.63, 3.8) is 0 Å². The van der Waals surface area contributed by atoms with E-state index >= 15 is 0 Å². The number of ketones is 2. The molecule has 3 N–H and O–H groups in total. The van der Waals surface area contributed by atoms with E-state index < -0.39 is 29.5 Å². The number of rotatable bonds is 6. The van der Waals surface area contributed by atoms with Crippen molar-refractivity contribution in [1.82, 2.24) is 15.3 Å². The maximum Gasteiger partial charge on any atom is 0.458 e. The van der Waals surface area contributed by atoms with Gasteiger partial charge in [-0.2, -0.15) is 26.3 Å². The Hall–Kier alpha value is -3.95. The monoisotopic (exact) mass is 676 g/mol. The van der Waals surface area contributed by atoms with Gasteiger partial charge < -0.3 is 25.6 Å². The summed E-state index contributed by atoms with van der Waals surface area (Å²) in [6, 6.07) is 8.23. The topological polar surface area (TPSA) is 131 Å². The highest BCUT2D eigenvalue weighted by atomic mass is 19.4. The van der Waals surface area contributed by atoms with Crippen molar-refractivity contribution in [3.05, 3.63) is 49.1 Å². The van der Waals surface area contributed by atoms with Crippen molar-refractivity contribution in [1.29, 1.82) is 0 Å². The summed E-state index contributed by atoms with van der Waals surface area (Å²) >= 11 is 0. The maximum atomic E-state index is 11.6. The van der Waals surface area contributed by atoms with Crippen molar-refractivity contribution in [2.75, 3.05) is 49.1 Å².